The van der Waals surface area contributed by atoms with Gasteiger partial charge in [0.25, 0.3) is 0 Å². The molecular weight excluding hydrogens is 362 g/mol. The van der Waals surface area contributed by atoms with Gasteiger partial charge in [0.2, 0.25) is 0 Å². The summed E-state index contributed by atoms with van der Waals surface area (Å²) in [6.45, 7) is 0.592. The molecule has 0 aliphatic heterocycles. The number of hydrogen-bond donors (Lipinski definition) is 0. The maximum absolute atomic E-state index is 12.4. The fourth-order valence-corrected chi connectivity index (χ4v) is 3.34. The summed E-state index contributed by atoms with van der Waals surface area (Å²) in [5.74, 6) is -1.97. The van der Waals surface area contributed by atoms with E-state index in [0.29, 0.717) is 12.1 Å². The van der Waals surface area contributed by atoms with E-state index in [1.807, 2.05) is 42.3 Å². The van der Waals surface area contributed by atoms with Crippen molar-refractivity contribution < 1.29 is 28.6 Å². The van der Waals surface area contributed by atoms with Gasteiger partial charge in [-0.05, 0) is 17.6 Å². The largest absolute Gasteiger partial charge is 0.468 e. The third-order valence-corrected chi connectivity index (χ3v) is 4.78. The van der Waals surface area contributed by atoms with Crippen LogP contribution in [-0.2, 0) is 35.1 Å². The molecule has 7 nitrogen and oxygen atoms in total. The second-order valence-electron chi connectivity index (χ2n) is 6.57. The number of carbonyl (C=O) groups is 3. The molecule has 1 aromatic carbocycles. The number of methoxy groups -OCH3 is 3. The lowest BCUT2D eigenvalue weighted by atomic mass is 9.73. The van der Waals surface area contributed by atoms with Crippen molar-refractivity contribution in [2.24, 2.45) is 5.41 Å². The van der Waals surface area contributed by atoms with Gasteiger partial charge in [-0.15, -0.1) is 0 Å². The fourth-order valence-electron chi connectivity index (χ4n) is 3.34. The molecule has 0 unspecified atom stereocenters. The topological polar surface area (TPSA) is 82.1 Å². The Hall–Kier alpha value is -3.09. The summed E-state index contributed by atoms with van der Waals surface area (Å²) in [5.41, 5.74) is 0.812. The lowest BCUT2D eigenvalue weighted by molar-refractivity contribution is -0.169. The average molecular weight is 387 g/mol. The molecule has 150 valence electrons. The predicted molar refractivity (Wildman–Crippen MR) is 102 cm³/mol. The number of benzene rings is 1. The van der Waals surface area contributed by atoms with E-state index in [0.717, 1.165) is 11.3 Å². The van der Waals surface area contributed by atoms with Crippen LogP contribution in [0.2, 0.25) is 0 Å². The third kappa shape index (κ3) is 4.42. The Morgan fingerprint density at radius 1 is 1.04 bits per heavy atom. The Morgan fingerprint density at radius 3 is 2.18 bits per heavy atom. The molecular formula is C21H25NO6. The van der Waals surface area contributed by atoms with Crippen LogP contribution in [0.25, 0.3) is 0 Å². The van der Waals surface area contributed by atoms with E-state index in [4.69, 9.17) is 14.2 Å². The lowest BCUT2D eigenvalue weighted by Crippen LogP contribution is -2.44. The highest BCUT2D eigenvalue weighted by atomic mass is 16.5. The molecule has 0 saturated heterocycles. The first-order valence-corrected chi connectivity index (χ1v) is 8.79. The summed E-state index contributed by atoms with van der Waals surface area (Å²) in [7, 11) is 5.59. The second kappa shape index (κ2) is 9.21. The van der Waals surface area contributed by atoms with E-state index in [9.17, 15) is 14.4 Å². The Kier molecular flexibility index (Phi) is 6.98. The zero-order valence-corrected chi connectivity index (χ0v) is 16.6. The first-order chi connectivity index (χ1) is 13.4. The lowest BCUT2D eigenvalue weighted by Gasteiger charge is -2.35. The fraction of sp³-hybridized carbons (Fsp3) is 0.381. The van der Waals surface area contributed by atoms with Crippen LogP contribution in [0.15, 0.2) is 53.8 Å². The van der Waals surface area contributed by atoms with E-state index >= 15 is 0 Å². The number of rotatable bonds is 6. The zero-order valence-electron chi connectivity index (χ0n) is 16.6. The molecule has 7 heteroatoms. The molecule has 1 aromatic rings. The van der Waals surface area contributed by atoms with Gasteiger partial charge in [-0.3, -0.25) is 9.59 Å². The van der Waals surface area contributed by atoms with Gasteiger partial charge in [0.1, 0.15) is 0 Å². The molecule has 0 heterocycles. The summed E-state index contributed by atoms with van der Waals surface area (Å²) >= 11 is 0. The summed E-state index contributed by atoms with van der Waals surface area (Å²) < 4.78 is 14.5. The molecule has 2 rings (SSSR count). The van der Waals surface area contributed by atoms with Crippen molar-refractivity contribution >= 4 is 17.9 Å². The standard InChI is InChI=1S/C21H25NO6/c1-22(14-15-8-6-5-7-9-15)17-10-11-21(19(24)27-3,20(25)28-4)13-16(17)12-18(23)26-2/h5-10,12H,11,13-14H2,1-4H3/b16-12+. The highest BCUT2D eigenvalue weighted by molar-refractivity contribution is 6.01. The first kappa shape index (κ1) is 21.2. The van der Waals surface area contributed by atoms with Gasteiger partial charge in [-0.2, -0.15) is 0 Å². The van der Waals surface area contributed by atoms with Crippen molar-refractivity contribution in [3.05, 3.63) is 59.3 Å². The Balaban J connectivity index is 2.44. The van der Waals surface area contributed by atoms with E-state index in [-0.39, 0.29) is 12.8 Å². The van der Waals surface area contributed by atoms with Crippen LogP contribution in [0.5, 0.6) is 0 Å². The van der Waals surface area contributed by atoms with Gasteiger partial charge >= 0.3 is 17.9 Å². The van der Waals surface area contributed by atoms with Gasteiger partial charge < -0.3 is 19.1 Å². The van der Waals surface area contributed by atoms with Crippen molar-refractivity contribution in [3.63, 3.8) is 0 Å². The van der Waals surface area contributed by atoms with Crippen LogP contribution >= 0.6 is 0 Å². The van der Waals surface area contributed by atoms with Crippen molar-refractivity contribution in [3.8, 4) is 0 Å². The molecule has 0 spiro atoms. The van der Waals surface area contributed by atoms with E-state index in [1.54, 1.807) is 6.08 Å². The molecule has 0 amide bonds. The number of likely N-dealkylation sites (N-methyl/N-ethyl adjacent to an activating group) is 1. The van der Waals surface area contributed by atoms with E-state index < -0.39 is 23.3 Å². The summed E-state index contributed by atoms with van der Waals surface area (Å²) in [5, 5.41) is 0. The molecule has 0 N–H and O–H groups in total. The van der Waals surface area contributed by atoms with E-state index in [2.05, 4.69) is 0 Å². The Bertz CT molecular complexity index is 780. The number of hydrogen-bond acceptors (Lipinski definition) is 7. The highest BCUT2D eigenvalue weighted by Gasteiger charge is 2.50. The Labute approximate surface area is 164 Å². The van der Waals surface area contributed by atoms with Gasteiger partial charge in [0.15, 0.2) is 5.41 Å². The van der Waals surface area contributed by atoms with Crippen LogP contribution < -0.4 is 0 Å². The minimum Gasteiger partial charge on any atom is -0.468 e. The number of ether oxygens (including phenoxy) is 3. The molecule has 0 atom stereocenters. The molecule has 0 bridgehead atoms. The molecule has 0 radical (unpaired) electrons. The third-order valence-electron chi connectivity index (χ3n) is 4.78. The van der Waals surface area contributed by atoms with Gasteiger partial charge in [-0.1, -0.05) is 36.4 Å². The summed E-state index contributed by atoms with van der Waals surface area (Å²) in [4.78, 5) is 38.8. The SMILES string of the molecule is COC(=O)/C=C1\CC(C(=O)OC)(C(=O)OC)CC=C1N(C)Cc1ccccc1. The normalized spacial score (nSPS) is 16.7. The minimum atomic E-state index is -1.53. The smallest absolute Gasteiger partial charge is 0.330 e. The monoisotopic (exact) mass is 387 g/mol. The van der Waals surface area contributed by atoms with Crippen molar-refractivity contribution in [2.45, 2.75) is 19.4 Å². The van der Waals surface area contributed by atoms with Gasteiger partial charge in [0, 0.05) is 31.8 Å². The van der Waals surface area contributed by atoms with Gasteiger partial charge in [-0.25, -0.2) is 4.79 Å². The quantitative estimate of drug-likeness (QED) is 0.320. The van der Waals surface area contributed by atoms with E-state index in [1.165, 1.54) is 27.4 Å². The molecule has 1 aliphatic rings. The molecule has 0 fully saturated rings. The van der Waals surface area contributed by atoms with Crippen LogP contribution in [-0.4, -0.2) is 51.2 Å². The molecule has 1 aliphatic carbocycles. The second-order valence-corrected chi connectivity index (χ2v) is 6.57. The predicted octanol–water partition coefficient (Wildman–Crippen LogP) is 2.23. The number of carbonyl (C=O) groups excluding carboxylic acids is 3. The maximum atomic E-state index is 12.4. The van der Waals surface area contributed by atoms with Crippen LogP contribution in [0.1, 0.15) is 18.4 Å². The summed E-state index contributed by atoms with van der Waals surface area (Å²) in [6.07, 6.45) is 3.15. The Morgan fingerprint density at radius 2 is 1.64 bits per heavy atom. The first-order valence-electron chi connectivity index (χ1n) is 8.79. The van der Waals surface area contributed by atoms with Crippen LogP contribution in [0.3, 0.4) is 0 Å². The molecule has 28 heavy (non-hydrogen) atoms. The van der Waals surface area contributed by atoms with Crippen molar-refractivity contribution in [1.29, 1.82) is 0 Å². The van der Waals surface area contributed by atoms with Crippen LogP contribution in [0.4, 0.5) is 0 Å². The molecule has 0 aromatic heterocycles. The van der Waals surface area contributed by atoms with Gasteiger partial charge in [0.05, 0.1) is 21.3 Å². The number of nitrogens with zero attached hydrogens (tertiary/aromatic N) is 1. The number of allylic oxidation sites excluding steroid dienone is 2. The number of esters is 3. The molecule has 0 saturated carbocycles. The zero-order chi connectivity index (χ0) is 20.7. The van der Waals surface area contributed by atoms with Crippen molar-refractivity contribution in [2.75, 3.05) is 28.4 Å². The van der Waals surface area contributed by atoms with Crippen LogP contribution in [0, 0.1) is 5.41 Å². The summed E-state index contributed by atoms with van der Waals surface area (Å²) in [6, 6.07) is 9.83. The maximum Gasteiger partial charge on any atom is 0.330 e. The minimum absolute atomic E-state index is 0.0214. The van der Waals surface area contributed by atoms with Crippen molar-refractivity contribution in [1.82, 2.24) is 4.90 Å². The average Bonchev–Trinajstić information content (AvgIpc) is 2.72. The highest BCUT2D eigenvalue weighted by Crippen LogP contribution is 2.42.